The first-order valence-corrected chi connectivity index (χ1v) is 5.81. The molecule has 0 radical (unpaired) electrons. The number of hydrogen-bond donors (Lipinski definition) is 3. The van der Waals surface area contributed by atoms with Crippen LogP contribution < -0.4 is 16.6 Å². The molecule has 0 unspecified atom stereocenters. The summed E-state index contributed by atoms with van der Waals surface area (Å²) in [6, 6.07) is 1.64. The smallest absolute Gasteiger partial charge is 0.285 e. The summed E-state index contributed by atoms with van der Waals surface area (Å²) in [6.07, 6.45) is 0. The molecule has 0 bridgehead atoms. The molecule has 110 valence electrons. The number of nitrogens with zero attached hydrogens (tertiary/aromatic N) is 1. The molecule has 0 aromatic heterocycles. The van der Waals surface area contributed by atoms with Gasteiger partial charge >= 0.3 is 0 Å². The van der Waals surface area contributed by atoms with Crippen molar-refractivity contribution in [1.82, 2.24) is 5.32 Å². The maximum absolute atomic E-state index is 13.4. The van der Waals surface area contributed by atoms with Crippen LogP contribution in [0.1, 0.15) is 17.3 Å². The zero-order chi connectivity index (χ0) is 15.1. The number of nitrogens with one attached hydrogen (secondary N) is 2. The number of benzene rings is 1. The van der Waals surface area contributed by atoms with E-state index in [0.717, 1.165) is 6.07 Å². The van der Waals surface area contributed by atoms with Crippen molar-refractivity contribution in [2.24, 2.45) is 5.84 Å². The molecule has 0 heterocycles. The number of rotatable bonds is 7. The minimum absolute atomic E-state index is 0.187. The van der Waals surface area contributed by atoms with Gasteiger partial charge in [-0.3, -0.25) is 20.8 Å². The largest absolute Gasteiger partial charge is 0.380 e. The van der Waals surface area contributed by atoms with Crippen LogP contribution in [0.25, 0.3) is 0 Å². The van der Waals surface area contributed by atoms with Gasteiger partial charge in [0.15, 0.2) is 5.82 Å². The van der Waals surface area contributed by atoms with Crippen LogP contribution in [0.15, 0.2) is 12.1 Å². The molecule has 0 saturated carbocycles. The summed E-state index contributed by atoms with van der Waals surface area (Å²) in [5.74, 6) is 3.46. The summed E-state index contributed by atoms with van der Waals surface area (Å²) < 4.78 is 18.4. The molecule has 8 nitrogen and oxygen atoms in total. The molecule has 0 saturated heterocycles. The monoisotopic (exact) mass is 286 g/mol. The Morgan fingerprint density at radius 1 is 1.55 bits per heavy atom. The number of hydrazine groups is 1. The molecular weight excluding hydrogens is 271 g/mol. The van der Waals surface area contributed by atoms with Crippen molar-refractivity contribution in [1.29, 1.82) is 0 Å². The van der Waals surface area contributed by atoms with E-state index in [4.69, 9.17) is 10.6 Å². The number of anilines is 1. The molecule has 1 amide bonds. The summed E-state index contributed by atoms with van der Waals surface area (Å²) in [5, 5.41) is 13.3. The highest BCUT2D eigenvalue weighted by Crippen LogP contribution is 2.25. The van der Waals surface area contributed by atoms with Crippen molar-refractivity contribution in [2.45, 2.75) is 6.92 Å². The molecule has 0 fully saturated rings. The number of nitro benzene ring substituents is 1. The number of halogens is 1. The predicted octanol–water partition coefficient (Wildman–Crippen LogP) is 0.786. The Kier molecular flexibility index (Phi) is 5.81. The van der Waals surface area contributed by atoms with E-state index >= 15 is 0 Å². The fourth-order valence-corrected chi connectivity index (χ4v) is 1.48. The maximum Gasteiger partial charge on any atom is 0.285 e. The Balaban J connectivity index is 2.96. The summed E-state index contributed by atoms with van der Waals surface area (Å²) >= 11 is 0. The van der Waals surface area contributed by atoms with Crippen LogP contribution in [-0.2, 0) is 4.74 Å². The summed E-state index contributed by atoms with van der Waals surface area (Å²) in [5.41, 5.74) is 0.921. The van der Waals surface area contributed by atoms with Gasteiger partial charge in [-0.25, -0.2) is 4.39 Å². The molecule has 1 rings (SSSR count). The first kappa shape index (κ1) is 15.8. The van der Waals surface area contributed by atoms with Crippen molar-refractivity contribution < 1.29 is 18.8 Å². The zero-order valence-electron chi connectivity index (χ0n) is 10.8. The first-order valence-electron chi connectivity index (χ1n) is 5.81. The van der Waals surface area contributed by atoms with Crippen LogP contribution in [0.5, 0.6) is 0 Å². The summed E-state index contributed by atoms with van der Waals surface area (Å²) in [4.78, 5) is 21.9. The average molecular weight is 286 g/mol. The van der Waals surface area contributed by atoms with Gasteiger partial charge in [-0.15, -0.1) is 0 Å². The Morgan fingerprint density at radius 3 is 2.80 bits per heavy atom. The Morgan fingerprint density at radius 2 is 2.25 bits per heavy atom. The second kappa shape index (κ2) is 7.36. The van der Waals surface area contributed by atoms with Crippen molar-refractivity contribution in [3.8, 4) is 0 Å². The van der Waals surface area contributed by atoms with Gasteiger partial charge in [-0.05, 0) is 13.0 Å². The quantitative estimate of drug-likeness (QED) is 0.295. The summed E-state index contributed by atoms with van der Waals surface area (Å²) in [7, 11) is 0. The minimum Gasteiger partial charge on any atom is -0.380 e. The SMILES string of the molecule is CCOCCNC(=O)c1cc(NN)c(F)cc1[N+](=O)[O-]. The van der Waals surface area contributed by atoms with E-state index in [-0.39, 0.29) is 24.4 Å². The molecule has 1 aromatic rings. The summed E-state index contributed by atoms with van der Waals surface area (Å²) in [6.45, 7) is 2.76. The average Bonchev–Trinajstić information content (AvgIpc) is 2.42. The molecule has 20 heavy (non-hydrogen) atoms. The molecule has 4 N–H and O–H groups in total. The zero-order valence-corrected chi connectivity index (χ0v) is 10.8. The second-order valence-electron chi connectivity index (χ2n) is 3.70. The van der Waals surface area contributed by atoms with E-state index in [9.17, 15) is 19.3 Å². The molecule has 0 spiro atoms. The fourth-order valence-electron chi connectivity index (χ4n) is 1.48. The van der Waals surface area contributed by atoms with Crippen molar-refractivity contribution in [2.75, 3.05) is 25.2 Å². The van der Waals surface area contributed by atoms with E-state index in [1.807, 2.05) is 5.43 Å². The number of hydrogen-bond acceptors (Lipinski definition) is 6. The lowest BCUT2D eigenvalue weighted by Gasteiger charge is -2.08. The van der Waals surface area contributed by atoms with Crippen LogP contribution in [-0.4, -0.2) is 30.6 Å². The topological polar surface area (TPSA) is 120 Å². The third-order valence-electron chi connectivity index (χ3n) is 2.42. The molecular formula is C11H15FN4O4. The highest BCUT2D eigenvalue weighted by atomic mass is 19.1. The minimum atomic E-state index is -0.912. The molecule has 1 aromatic carbocycles. The highest BCUT2D eigenvalue weighted by molar-refractivity contribution is 5.99. The van der Waals surface area contributed by atoms with Gasteiger partial charge in [0.2, 0.25) is 0 Å². The van der Waals surface area contributed by atoms with Crippen LogP contribution in [0.2, 0.25) is 0 Å². The van der Waals surface area contributed by atoms with Crippen molar-refractivity contribution in [3.63, 3.8) is 0 Å². The molecule has 0 atom stereocenters. The Bertz CT molecular complexity index is 509. The second-order valence-corrected chi connectivity index (χ2v) is 3.70. The number of carbonyl (C=O) groups is 1. The van der Waals surface area contributed by atoms with Gasteiger partial charge in [-0.2, -0.15) is 0 Å². The number of nitrogen functional groups attached to an aromatic ring is 1. The molecule has 0 aliphatic rings. The van der Waals surface area contributed by atoms with Gasteiger partial charge in [0, 0.05) is 13.2 Å². The lowest BCUT2D eigenvalue weighted by Crippen LogP contribution is -2.28. The molecule has 0 aliphatic carbocycles. The van der Waals surface area contributed by atoms with Crippen LogP contribution in [0, 0.1) is 15.9 Å². The number of ether oxygens (including phenoxy) is 1. The van der Waals surface area contributed by atoms with E-state index in [1.165, 1.54) is 0 Å². The predicted molar refractivity (Wildman–Crippen MR) is 69.7 cm³/mol. The van der Waals surface area contributed by atoms with Crippen LogP contribution in [0.3, 0.4) is 0 Å². The van der Waals surface area contributed by atoms with E-state index in [1.54, 1.807) is 6.92 Å². The van der Waals surface area contributed by atoms with Gasteiger partial charge in [0.25, 0.3) is 11.6 Å². The van der Waals surface area contributed by atoms with E-state index < -0.39 is 22.3 Å². The molecule has 0 aliphatic heterocycles. The lowest BCUT2D eigenvalue weighted by atomic mass is 10.1. The number of nitrogens with two attached hydrogens (primary N) is 1. The molecule has 9 heteroatoms. The third kappa shape index (κ3) is 3.87. The van der Waals surface area contributed by atoms with Crippen LogP contribution >= 0.6 is 0 Å². The van der Waals surface area contributed by atoms with Crippen molar-refractivity contribution >= 4 is 17.3 Å². The number of carbonyl (C=O) groups excluding carboxylic acids is 1. The van der Waals surface area contributed by atoms with Gasteiger partial charge in [-0.1, -0.05) is 0 Å². The van der Waals surface area contributed by atoms with Gasteiger partial charge < -0.3 is 15.5 Å². The fraction of sp³-hybridized carbons (Fsp3) is 0.364. The third-order valence-corrected chi connectivity index (χ3v) is 2.42. The van der Waals surface area contributed by atoms with E-state index in [0.29, 0.717) is 12.7 Å². The Hall–Kier alpha value is -2.26. The standard InChI is InChI=1S/C11H15FN4O4/c1-2-20-4-3-14-11(17)7-5-9(15-13)8(12)6-10(7)16(18)19/h5-6,15H,2-4,13H2,1H3,(H,14,17). The first-order chi connectivity index (χ1) is 9.51. The van der Waals surface area contributed by atoms with Crippen molar-refractivity contribution in [3.05, 3.63) is 33.6 Å². The van der Waals surface area contributed by atoms with Gasteiger partial charge in [0.05, 0.1) is 23.3 Å². The number of nitro groups is 1. The Labute approximate surface area is 114 Å². The lowest BCUT2D eigenvalue weighted by molar-refractivity contribution is -0.385. The van der Waals surface area contributed by atoms with E-state index in [2.05, 4.69) is 5.32 Å². The number of amides is 1. The van der Waals surface area contributed by atoms with Crippen LogP contribution in [0.4, 0.5) is 15.8 Å². The highest BCUT2D eigenvalue weighted by Gasteiger charge is 2.23. The maximum atomic E-state index is 13.4. The normalized spacial score (nSPS) is 10.2. The van der Waals surface area contributed by atoms with Gasteiger partial charge in [0.1, 0.15) is 5.56 Å².